The maximum atomic E-state index is 12.7. The predicted molar refractivity (Wildman–Crippen MR) is 226 cm³/mol. The summed E-state index contributed by atoms with van der Waals surface area (Å²) in [4.78, 5) is 17.2. The molecular formula is C44H62N6O6S2. The molecule has 8 aliphatic rings. The Morgan fingerprint density at radius 1 is 0.621 bits per heavy atom. The molecule has 0 aromatic heterocycles. The van der Waals surface area contributed by atoms with Crippen molar-refractivity contribution >= 4 is 31.8 Å². The quantitative estimate of drug-likeness (QED) is 0.285. The van der Waals surface area contributed by atoms with Gasteiger partial charge in [-0.15, -0.1) is 5.26 Å². The van der Waals surface area contributed by atoms with Gasteiger partial charge in [0.25, 0.3) is 6.26 Å². The van der Waals surface area contributed by atoms with Gasteiger partial charge in [-0.1, -0.05) is 50.7 Å². The van der Waals surface area contributed by atoms with Crippen molar-refractivity contribution in [1.82, 2.24) is 14.5 Å². The summed E-state index contributed by atoms with van der Waals surface area (Å²) in [6.45, 7) is 2.40. The Kier molecular flexibility index (Phi) is 12.7. The van der Waals surface area contributed by atoms with E-state index in [2.05, 4.69) is 32.0 Å². The number of urea groups is 1. The molecule has 0 unspecified atom stereocenters. The fourth-order valence-electron chi connectivity index (χ4n) is 11.1. The Balaban J connectivity index is 0.000000135. The number of anilines is 1. The number of ether oxygens (including phenoxy) is 1. The standard InChI is InChI=1S/C22H31N3O3S.C13H13NO.C9H18N2O2S/c26-22(23-21-19-10-4-6-15(19)12-16-7-5-11-20(16)21)24-29(27,28)18-13-25(14-18)17-8-2-1-3-9-17;14-8-15-13-11-5-1-3-9(11)7-10-4-2-6-12(10)13;10-14(12,13)9-6-11(7-9)8-4-2-1-3-5-8/h12,17-18H,1-11,13-14H2,(H2,23,24,26);7H,1-6H2;8-9H,1-7H2,(H2,10,12,13). The Hall–Kier alpha value is -3.22. The highest BCUT2D eigenvalue weighted by atomic mass is 32.2. The molecule has 0 radical (unpaired) electrons. The minimum atomic E-state index is -3.65. The molecule has 2 aromatic carbocycles. The third-order valence-electron chi connectivity index (χ3n) is 14.4. The van der Waals surface area contributed by atoms with Crippen LogP contribution >= 0.6 is 0 Å². The summed E-state index contributed by atoms with van der Waals surface area (Å²) in [5, 5.41) is 15.9. The molecule has 2 saturated carbocycles. The normalized spacial score (nSPS) is 22.4. The Morgan fingerprint density at radius 3 is 1.47 bits per heavy atom. The number of benzene rings is 2. The number of nitrogens with zero attached hydrogens (tertiary/aromatic N) is 3. The van der Waals surface area contributed by atoms with Gasteiger partial charge in [-0.05, 0) is 147 Å². The molecule has 12 nitrogen and oxygen atoms in total. The maximum absolute atomic E-state index is 12.7. The Labute approximate surface area is 345 Å². The first-order chi connectivity index (χ1) is 28.0. The van der Waals surface area contributed by atoms with E-state index in [1.54, 1.807) is 0 Å². The fourth-order valence-corrected chi connectivity index (χ4v) is 13.1. The van der Waals surface area contributed by atoms with Crippen molar-refractivity contribution in [1.29, 1.82) is 5.26 Å². The van der Waals surface area contributed by atoms with E-state index in [1.807, 2.05) is 6.26 Å². The molecule has 0 spiro atoms. The minimum absolute atomic E-state index is 0.301. The molecule has 2 aliphatic heterocycles. The number of nitrogens with two attached hydrogens (primary N) is 1. The van der Waals surface area contributed by atoms with E-state index in [9.17, 15) is 21.6 Å². The zero-order valence-corrected chi connectivity index (χ0v) is 35.7. The van der Waals surface area contributed by atoms with E-state index in [0.29, 0.717) is 38.3 Å². The van der Waals surface area contributed by atoms with Gasteiger partial charge in [0, 0.05) is 44.0 Å². The van der Waals surface area contributed by atoms with Gasteiger partial charge in [0.1, 0.15) is 16.2 Å². The van der Waals surface area contributed by atoms with Gasteiger partial charge < -0.3 is 10.1 Å². The number of nitrogens with one attached hydrogen (secondary N) is 2. The third kappa shape index (κ3) is 9.09. The SMILES string of the molecule is N#COc1c2c(cc3c1CCC3)CCC2.NS(=O)(=O)C1CN(C2CCCCC2)C1.O=C(Nc1c2c(cc3c1CCC3)CCC2)NS(=O)(=O)C1CN(C2CCCCC2)C1. The number of carbonyl (C=O) groups is 1. The lowest BCUT2D eigenvalue weighted by Crippen LogP contribution is -2.61. The number of carbonyl (C=O) groups excluding carboxylic acids is 1. The van der Waals surface area contributed by atoms with E-state index in [4.69, 9.17) is 15.1 Å². The van der Waals surface area contributed by atoms with Gasteiger partial charge in [0.2, 0.25) is 20.0 Å². The maximum Gasteiger partial charge on any atom is 0.332 e. The molecule has 2 aromatic rings. The number of likely N-dealkylation sites (tertiary alicyclic amines) is 2. The van der Waals surface area contributed by atoms with Crippen LogP contribution in [0.15, 0.2) is 12.1 Å². The van der Waals surface area contributed by atoms with Crippen LogP contribution in [-0.2, 0) is 71.4 Å². The predicted octanol–water partition coefficient (Wildman–Crippen LogP) is 5.95. The molecule has 10 rings (SSSR count). The summed E-state index contributed by atoms with van der Waals surface area (Å²) in [6.07, 6.45) is 27.5. The highest BCUT2D eigenvalue weighted by molar-refractivity contribution is 7.90. The molecule has 6 aliphatic carbocycles. The molecule has 2 amide bonds. The van der Waals surface area contributed by atoms with Crippen molar-refractivity contribution in [2.45, 2.75) is 164 Å². The lowest BCUT2D eigenvalue weighted by molar-refractivity contribution is 0.0941. The summed E-state index contributed by atoms with van der Waals surface area (Å²) < 4.78 is 54.9. The third-order valence-corrected chi connectivity index (χ3v) is 17.2. The Bertz CT molecular complexity index is 2050. The fraction of sp³-hybridized carbons (Fsp3) is 0.682. The van der Waals surface area contributed by atoms with Gasteiger partial charge in [0.05, 0.1) is 0 Å². The molecule has 58 heavy (non-hydrogen) atoms. The number of sulfonamides is 2. The van der Waals surface area contributed by atoms with Crippen molar-refractivity contribution in [2.24, 2.45) is 5.14 Å². The van der Waals surface area contributed by atoms with E-state index in [-0.39, 0.29) is 5.25 Å². The van der Waals surface area contributed by atoms with Crippen LogP contribution in [0.2, 0.25) is 0 Å². The van der Waals surface area contributed by atoms with E-state index in [0.717, 1.165) is 75.6 Å². The van der Waals surface area contributed by atoms with Crippen LogP contribution in [0.1, 0.15) is 134 Å². The summed E-state index contributed by atoms with van der Waals surface area (Å²) >= 11 is 0. The highest BCUT2D eigenvalue weighted by Gasteiger charge is 2.42. The van der Waals surface area contributed by atoms with Crippen molar-refractivity contribution in [3.63, 3.8) is 0 Å². The second-order valence-electron chi connectivity index (χ2n) is 18.0. The Morgan fingerprint density at radius 2 is 1.03 bits per heavy atom. The van der Waals surface area contributed by atoms with Crippen LogP contribution in [0.4, 0.5) is 10.5 Å². The van der Waals surface area contributed by atoms with Crippen LogP contribution in [0.5, 0.6) is 5.75 Å². The summed E-state index contributed by atoms with van der Waals surface area (Å²) in [5.74, 6) is 0.903. The van der Waals surface area contributed by atoms with Crippen molar-refractivity contribution in [3.8, 4) is 12.0 Å². The van der Waals surface area contributed by atoms with Gasteiger partial charge in [-0.3, -0.25) is 9.80 Å². The zero-order chi connectivity index (χ0) is 40.4. The van der Waals surface area contributed by atoms with Crippen molar-refractivity contribution in [3.05, 3.63) is 56.6 Å². The second-order valence-corrected chi connectivity index (χ2v) is 21.8. The molecule has 4 fully saturated rings. The monoisotopic (exact) mass is 834 g/mol. The molecule has 2 heterocycles. The average molecular weight is 835 g/mol. The number of nitriles is 1. The van der Waals surface area contributed by atoms with Crippen LogP contribution < -0.4 is 19.9 Å². The van der Waals surface area contributed by atoms with Gasteiger partial charge in [-0.2, -0.15) is 0 Å². The van der Waals surface area contributed by atoms with Crippen molar-refractivity contribution in [2.75, 3.05) is 31.5 Å². The first-order valence-corrected chi connectivity index (χ1v) is 25.4. The van der Waals surface area contributed by atoms with Gasteiger partial charge in [-0.25, -0.2) is 31.5 Å². The molecule has 14 heteroatoms. The molecule has 0 atom stereocenters. The number of amides is 2. The highest BCUT2D eigenvalue weighted by Crippen LogP contribution is 2.41. The topological polar surface area (TPSA) is 175 Å². The molecule has 316 valence electrons. The smallest absolute Gasteiger partial charge is 0.332 e. The summed E-state index contributed by atoms with van der Waals surface area (Å²) in [6, 6.07) is 5.20. The van der Waals surface area contributed by atoms with Crippen LogP contribution in [-0.4, -0.2) is 81.4 Å². The van der Waals surface area contributed by atoms with E-state index < -0.39 is 31.3 Å². The zero-order valence-electron chi connectivity index (χ0n) is 34.0. The summed E-state index contributed by atoms with van der Waals surface area (Å²) in [5.41, 5.74) is 11.4. The second kappa shape index (κ2) is 17.8. The number of primary sulfonamides is 1. The number of aryl methyl sites for hydroxylation is 4. The first-order valence-electron chi connectivity index (χ1n) is 22.2. The van der Waals surface area contributed by atoms with E-state index in [1.165, 1.54) is 122 Å². The van der Waals surface area contributed by atoms with Crippen molar-refractivity contribution < 1.29 is 26.4 Å². The first kappa shape index (κ1) is 41.5. The molecular weight excluding hydrogens is 773 g/mol. The number of hydrogen-bond acceptors (Lipinski definition) is 9. The molecule has 0 bridgehead atoms. The number of rotatable bonds is 7. The summed E-state index contributed by atoms with van der Waals surface area (Å²) in [7, 11) is -6.93. The van der Waals surface area contributed by atoms with Crippen LogP contribution in [0.3, 0.4) is 0 Å². The number of hydrogen-bond donors (Lipinski definition) is 3. The van der Waals surface area contributed by atoms with Gasteiger partial charge in [0.15, 0.2) is 0 Å². The average Bonchev–Trinajstić information content (AvgIpc) is 3.99. The van der Waals surface area contributed by atoms with Crippen LogP contribution in [0, 0.1) is 11.5 Å². The lowest BCUT2D eigenvalue weighted by Gasteiger charge is -2.44. The van der Waals surface area contributed by atoms with Gasteiger partial charge >= 0.3 is 6.03 Å². The van der Waals surface area contributed by atoms with E-state index >= 15 is 0 Å². The number of fused-ring (bicyclic) bond motifs is 4. The lowest BCUT2D eigenvalue weighted by atomic mass is 9.92. The van der Waals surface area contributed by atoms with Crippen LogP contribution in [0.25, 0.3) is 0 Å². The molecule has 4 N–H and O–H groups in total. The molecule has 2 saturated heterocycles. The largest absolute Gasteiger partial charge is 0.387 e. The minimum Gasteiger partial charge on any atom is -0.387 e.